The van der Waals surface area contributed by atoms with E-state index in [4.69, 9.17) is 5.73 Å². The maximum absolute atomic E-state index is 12.2. The molecule has 3 heterocycles. The predicted octanol–water partition coefficient (Wildman–Crippen LogP) is 2.40. The first-order chi connectivity index (χ1) is 10.7. The number of pyridine rings is 1. The van der Waals surface area contributed by atoms with E-state index in [1.165, 1.54) is 0 Å². The number of nitrogens with one attached hydrogen (secondary N) is 1. The zero-order valence-electron chi connectivity index (χ0n) is 13.1. The Morgan fingerprint density at radius 1 is 1.45 bits per heavy atom. The van der Waals surface area contributed by atoms with E-state index in [-0.39, 0.29) is 5.91 Å². The lowest BCUT2D eigenvalue weighted by Crippen LogP contribution is -2.28. The van der Waals surface area contributed by atoms with Gasteiger partial charge in [0.15, 0.2) is 0 Å². The summed E-state index contributed by atoms with van der Waals surface area (Å²) in [7, 11) is 0. The van der Waals surface area contributed by atoms with Crippen LogP contribution in [0.3, 0.4) is 0 Å². The van der Waals surface area contributed by atoms with Gasteiger partial charge in [-0.1, -0.05) is 13.3 Å². The van der Waals surface area contributed by atoms with Crippen molar-refractivity contribution >= 4 is 16.8 Å². The minimum atomic E-state index is -0.319. The molecule has 0 unspecified atom stereocenters. The molecule has 1 aliphatic heterocycles. The molecule has 1 amide bonds. The van der Waals surface area contributed by atoms with Crippen molar-refractivity contribution in [3.05, 3.63) is 29.7 Å². The Labute approximate surface area is 130 Å². The van der Waals surface area contributed by atoms with Crippen LogP contribution in [0.1, 0.15) is 54.6 Å². The molecule has 0 bridgehead atoms. The van der Waals surface area contributed by atoms with Crippen molar-refractivity contribution in [1.82, 2.24) is 14.9 Å². The maximum atomic E-state index is 12.2. The molecule has 118 valence electrons. The van der Waals surface area contributed by atoms with Crippen LogP contribution in [0.5, 0.6) is 0 Å². The highest BCUT2D eigenvalue weighted by Gasteiger charge is 2.27. The van der Waals surface area contributed by atoms with Gasteiger partial charge >= 0.3 is 0 Å². The number of nitrogens with zero attached hydrogens (tertiary/aromatic N) is 2. The standard InChI is InChI=1S/C17H24N4O/c1-2-3-10-21-14-6-9-20-11-13(14)15(16(21)17(18)22)12-4-7-19-8-5-12/h6,9,11-12,19H,2-5,7-8,10H2,1H3,(H2,18,22). The third-order valence-corrected chi connectivity index (χ3v) is 4.62. The molecule has 3 N–H and O–H groups in total. The summed E-state index contributed by atoms with van der Waals surface area (Å²) in [5.41, 5.74) is 8.67. The molecule has 0 aromatic carbocycles. The van der Waals surface area contributed by atoms with E-state index >= 15 is 0 Å². The van der Waals surface area contributed by atoms with E-state index in [1.54, 1.807) is 6.20 Å². The Balaban J connectivity index is 2.19. The molecule has 0 aliphatic carbocycles. The topological polar surface area (TPSA) is 72.9 Å². The van der Waals surface area contributed by atoms with Crippen molar-refractivity contribution in [2.24, 2.45) is 5.73 Å². The zero-order chi connectivity index (χ0) is 15.5. The number of fused-ring (bicyclic) bond motifs is 1. The third-order valence-electron chi connectivity index (χ3n) is 4.62. The van der Waals surface area contributed by atoms with Crippen molar-refractivity contribution in [1.29, 1.82) is 0 Å². The Morgan fingerprint density at radius 2 is 2.23 bits per heavy atom. The number of carbonyl (C=O) groups excluding carboxylic acids is 1. The molecule has 2 aromatic rings. The Hall–Kier alpha value is -1.88. The largest absolute Gasteiger partial charge is 0.364 e. The van der Waals surface area contributed by atoms with Crippen LogP contribution in [0.25, 0.3) is 10.9 Å². The van der Waals surface area contributed by atoms with Gasteiger partial charge in [0.2, 0.25) is 0 Å². The minimum Gasteiger partial charge on any atom is -0.364 e. The molecular formula is C17H24N4O. The smallest absolute Gasteiger partial charge is 0.265 e. The van der Waals surface area contributed by atoms with Crippen LogP contribution in [0.2, 0.25) is 0 Å². The van der Waals surface area contributed by atoms with Gasteiger partial charge in [0.1, 0.15) is 5.69 Å². The van der Waals surface area contributed by atoms with Crippen LogP contribution >= 0.6 is 0 Å². The maximum Gasteiger partial charge on any atom is 0.265 e. The summed E-state index contributed by atoms with van der Waals surface area (Å²) in [5, 5.41) is 4.48. The zero-order valence-corrected chi connectivity index (χ0v) is 13.1. The number of rotatable bonds is 5. The lowest BCUT2D eigenvalue weighted by molar-refractivity contribution is 0.0990. The van der Waals surface area contributed by atoms with Gasteiger partial charge in [-0.3, -0.25) is 9.78 Å². The van der Waals surface area contributed by atoms with Crippen LogP contribution in [0, 0.1) is 0 Å². The first-order valence-electron chi connectivity index (χ1n) is 8.20. The number of aromatic nitrogens is 2. The van der Waals surface area contributed by atoms with Gasteiger partial charge in [-0.2, -0.15) is 0 Å². The number of unbranched alkanes of at least 4 members (excludes halogenated alkanes) is 1. The molecule has 22 heavy (non-hydrogen) atoms. The predicted molar refractivity (Wildman–Crippen MR) is 88.0 cm³/mol. The molecule has 1 aliphatic rings. The average molecular weight is 300 g/mol. The molecule has 5 nitrogen and oxygen atoms in total. The van der Waals surface area contributed by atoms with E-state index in [1.807, 2.05) is 12.3 Å². The van der Waals surface area contributed by atoms with Gasteiger partial charge in [-0.15, -0.1) is 0 Å². The first kappa shape index (κ1) is 15.0. The highest BCUT2D eigenvalue weighted by atomic mass is 16.1. The Morgan fingerprint density at radius 3 is 2.91 bits per heavy atom. The number of amides is 1. The second kappa shape index (κ2) is 6.48. The van der Waals surface area contributed by atoms with E-state index in [9.17, 15) is 4.79 Å². The fourth-order valence-corrected chi connectivity index (χ4v) is 3.56. The van der Waals surface area contributed by atoms with E-state index < -0.39 is 0 Å². The summed E-state index contributed by atoms with van der Waals surface area (Å²) >= 11 is 0. The number of hydrogen-bond acceptors (Lipinski definition) is 3. The van der Waals surface area contributed by atoms with Gasteiger partial charge in [0, 0.05) is 24.3 Å². The number of piperidine rings is 1. The molecule has 3 rings (SSSR count). The molecule has 0 radical (unpaired) electrons. The number of hydrogen-bond donors (Lipinski definition) is 2. The van der Waals surface area contributed by atoms with Crippen LogP contribution in [-0.2, 0) is 6.54 Å². The molecule has 2 aromatic heterocycles. The van der Waals surface area contributed by atoms with Gasteiger partial charge in [0.25, 0.3) is 5.91 Å². The summed E-state index contributed by atoms with van der Waals surface area (Å²) in [6.45, 7) is 4.97. The number of primary amides is 1. The van der Waals surface area contributed by atoms with E-state index in [0.717, 1.165) is 61.8 Å². The highest BCUT2D eigenvalue weighted by Crippen LogP contribution is 2.36. The quantitative estimate of drug-likeness (QED) is 0.890. The third kappa shape index (κ3) is 2.61. The van der Waals surface area contributed by atoms with E-state index in [0.29, 0.717) is 11.6 Å². The number of nitrogens with two attached hydrogens (primary N) is 1. The van der Waals surface area contributed by atoms with Gasteiger partial charge < -0.3 is 15.6 Å². The molecular weight excluding hydrogens is 276 g/mol. The molecule has 1 saturated heterocycles. The van der Waals surface area contributed by atoms with Crippen LogP contribution in [-0.4, -0.2) is 28.5 Å². The van der Waals surface area contributed by atoms with Gasteiger partial charge in [0.05, 0.1) is 5.52 Å². The van der Waals surface area contributed by atoms with Crippen molar-refractivity contribution in [3.8, 4) is 0 Å². The SMILES string of the molecule is CCCCn1c(C(N)=O)c(C2CCNCC2)c2cnccc21. The summed E-state index contributed by atoms with van der Waals surface area (Å²) in [4.78, 5) is 16.5. The molecule has 5 heteroatoms. The lowest BCUT2D eigenvalue weighted by Gasteiger charge is -2.23. The van der Waals surface area contributed by atoms with Gasteiger partial charge in [-0.05, 0) is 49.9 Å². The normalized spacial score (nSPS) is 16.2. The summed E-state index contributed by atoms with van der Waals surface area (Å²) < 4.78 is 2.11. The minimum absolute atomic E-state index is 0.319. The molecule has 0 atom stereocenters. The van der Waals surface area contributed by atoms with Crippen molar-refractivity contribution in [2.75, 3.05) is 13.1 Å². The van der Waals surface area contributed by atoms with Crippen LogP contribution < -0.4 is 11.1 Å². The van der Waals surface area contributed by atoms with Crippen LogP contribution in [0.4, 0.5) is 0 Å². The Bertz CT molecular complexity index is 671. The fraction of sp³-hybridized carbons (Fsp3) is 0.529. The molecule has 0 spiro atoms. The fourth-order valence-electron chi connectivity index (χ4n) is 3.56. The highest BCUT2D eigenvalue weighted by molar-refractivity contribution is 6.01. The monoisotopic (exact) mass is 300 g/mol. The molecule has 1 fully saturated rings. The summed E-state index contributed by atoms with van der Waals surface area (Å²) in [6, 6.07) is 2.00. The second-order valence-electron chi connectivity index (χ2n) is 6.05. The summed E-state index contributed by atoms with van der Waals surface area (Å²) in [6.07, 6.45) is 7.90. The second-order valence-corrected chi connectivity index (χ2v) is 6.05. The average Bonchev–Trinajstić information content (AvgIpc) is 2.88. The van der Waals surface area contributed by atoms with Gasteiger partial charge in [-0.25, -0.2) is 0 Å². The lowest BCUT2D eigenvalue weighted by atomic mass is 9.88. The van der Waals surface area contributed by atoms with Crippen molar-refractivity contribution in [3.63, 3.8) is 0 Å². The summed E-state index contributed by atoms with van der Waals surface area (Å²) in [5.74, 6) is 0.0687. The van der Waals surface area contributed by atoms with Crippen LogP contribution in [0.15, 0.2) is 18.5 Å². The molecule has 0 saturated carbocycles. The number of carbonyl (C=O) groups is 1. The number of aryl methyl sites for hydroxylation is 1. The first-order valence-corrected chi connectivity index (χ1v) is 8.20. The van der Waals surface area contributed by atoms with E-state index in [2.05, 4.69) is 21.8 Å². The van der Waals surface area contributed by atoms with Crippen molar-refractivity contribution < 1.29 is 4.79 Å². The Kier molecular flexibility index (Phi) is 4.43. The van der Waals surface area contributed by atoms with Crippen molar-refractivity contribution in [2.45, 2.75) is 45.1 Å².